The Balaban J connectivity index is 1.76. The number of fused-ring (bicyclic) bond motifs is 1. The highest BCUT2D eigenvalue weighted by Crippen LogP contribution is 2.32. The summed E-state index contributed by atoms with van der Waals surface area (Å²) in [6.07, 6.45) is 0. The fraction of sp³-hybridized carbons (Fsp3) is 0.222. The fourth-order valence-electron chi connectivity index (χ4n) is 2.39. The molecular weight excluding hydrogens is 324 g/mol. The van der Waals surface area contributed by atoms with E-state index in [4.69, 9.17) is 18.9 Å². The van der Waals surface area contributed by atoms with E-state index in [9.17, 15) is 4.79 Å². The van der Waals surface area contributed by atoms with Crippen LogP contribution in [0.25, 0.3) is 0 Å². The zero-order valence-corrected chi connectivity index (χ0v) is 14.2. The molecule has 0 unspecified atom stereocenters. The van der Waals surface area contributed by atoms with Crippen LogP contribution in [0.2, 0.25) is 0 Å². The molecule has 2 aromatic rings. The minimum Gasteiger partial charge on any atom is -0.497 e. The van der Waals surface area contributed by atoms with Gasteiger partial charge in [0.25, 0.3) is 5.91 Å². The summed E-state index contributed by atoms with van der Waals surface area (Å²) in [7, 11) is 3.15. The van der Waals surface area contributed by atoms with Gasteiger partial charge in [0.1, 0.15) is 11.5 Å². The monoisotopic (exact) mass is 342 g/mol. The summed E-state index contributed by atoms with van der Waals surface area (Å²) < 4.78 is 21.0. The number of rotatable bonds is 5. The van der Waals surface area contributed by atoms with Crippen LogP contribution in [0, 0.1) is 0 Å². The van der Waals surface area contributed by atoms with E-state index < -0.39 is 0 Å². The third-order valence-electron chi connectivity index (χ3n) is 3.76. The highest BCUT2D eigenvalue weighted by Gasteiger charge is 2.16. The van der Waals surface area contributed by atoms with Crippen LogP contribution in [-0.4, -0.2) is 32.6 Å². The van der Waals surface area contributed by atoms with Crippen molar-refractivity contribution in [3.63, 3.8) is 0 Å². The van der Waals surface area contributed by atoms with Crippen molar-refractivity contribution >= 4 is 11.6 Å². The summed E-state index contributed by atoms with van der Waals surface area (Å²) in [6, 6.07) is 10.4. The van der Waals surface area contributed by atoms with Gasteiger partial charge in [0.15, 0.2) is 11.5 Å². The molecule has 7 heteroatoms. The smallest absolute Gasteiger partial charge is 0.271 e. The molecule has 1 N–H and O–H groups in total. The predicted octanol–water partition coefficient (Wildman–Crippen LogP) is 2.59. The molecule has 1 heterocycles. The molecule has 0 radical (unpaired) electrons. The molecular formula is C18H18N2O5. The fourth-order valence-corrected chi connectivity index (χ4v) is 2.39. The molecule has 0 aliphatic carbocycles. The van der Waals surface area contributed by atoms with Crippen molar-refractivity contribution in [3.8, 4) is 23.0 Å². The van der Waals surface area contributed by atoms with Crippen molar-refractivity contribution in [2.45, 2.75) is 6.92 Å². The number of carbonyl (C=O) groups excluding carboxylic acids is 1. The van der Waals surface area contributed by atoms with Gasteiger partial charge in [-0.15, -0.1) is 0 Å². The Morgan fingerprint density at radius 1 is 1.08 bits per heavy atom. The molecule has 7 nitrogen and oxygen atoms in total. The molecule has 0 fully saturated rings. The Morgan fingerprint density at radius 3 is 2.64 bits per heavy atom. The van der Waals surface area contributed by atoms with Crippen molar-refractivity contribution in [1.82, 2.24) is 5.43 Å². The van der Waals surface area contributed by atoms with E-state index in [1.54, 1.807) is 51.5 Å². The normalized spacial score (nSPS) is 12.7. The van der Waals surface area contributed by atoms with E-state index in [1.807, 2.05) is 6.07 Å². The van der Waals surface area contributed by atoms with Crippen LogP contribution in [0.5, 0.6) is 23.0 Å². The number of methoxy groups -OCH3 is 2. The van der Waals surface area contributed by atoms with E-state index in [0.29, 0.717) is 34.3 Å². The van der Waals surface area contributed by atoms with Gasteiger partial charge in [-0.25, -0.2) is 5.43 Å². The van der Waals surface area contributed by atoms with Gasteiger partial charge in [0.2, 0.25) is 6.79 Å². The molecule has 0 saturated carbocycles. The van der Waals surface area contributed by atoms with Gasteiger partial charge in [0.05, 0.1) is 19.9 Å². The second-order valence-electron chi connectivity index (χ2n) is 5.27. The van der Waals surface area contributed by atoms with E-state index >= 15 is 0 Å². The lowest BCUT2D eigenvalue weighted by atomic mass is 10.1. The first-order chi connectivity index (χ1) is 12.1. The lowest BCUT2D eigenvalue weighted by Gasteiger charge is -2.10. The summed E-state index contributed by atoms with van der Waals surface area (Å²) >= 11 is 0. The average Bonchev–Trinajstić information content (AvgIpc) is 3.12. The van der Waals surface area contributed by atoms with Crippen molar-refractivity contribution in [2.75, 3.05) is 21.0 Å². The Hall–Kier alpha value is -3.22. The molecule has 0 atom stereocenters. The number of nitrogens with zero attached hydrogens (tertiary/aromatic N) is 1. The zero-order valence-electron chi connectivity index (χ0n) is 14.2. The molecule has 0 bridgehead atoms. The third kappa shape index (κ3) is 3.50. The molecule has 0 saturated heterocycles. The molecule has 0 aromatic heterocycles. The number of amides is 1. The van der Waals surface area contributed by atoms with E-state index in [-0.39, 0.29) is 12.7 Å². The Kier molecular flexibility index (Phi) is 4.74. The topological polar surface area (TPSA) is 78.4 Å². The van der Waals surface area contributed by atoms with Crippen LogP contribution in [0.4, 0.5) is 0 Å². The van der Waals surface area contributed by atoms with Crippen LogP contribution < -0.4 is 24.4 Å². The first kappa shape index (κ1) is 16.6. The van der Waals surface area contributed by atoms with Gasteiger partial charge >= 0.3 is 0 Å². The average molecular weight is 342 g/mol. The van der Waals surface area contributed by atoms with Crippen LogP contribution in [-0.2, 0) is 0 Å². The predicted molar refractivity (Wildman–Crippen MR) is 91.8 cm³/mol. The lowest BCUT2D eigenvalue weighted by Crippen LogP contribution is -2.19. The maximum absolute atomic E-state index is 12.3. The highest BCUT2D eigenvalue weighted by atomic mass is 16.7. The van der Waals surface area contributed by atoms with Gasteiger partial charge < -0.3 is 18.9 Å². The van der Waals surface area contributed by atoms with E-state index in [1.165, 1.54) is 0 Å². The molecule has 3 rings (SSSR count). The molecule has 2 aromatic carbocycles. The zero-order chi connectivity index (χ0) is 17.8. The Bertz CT molecular complexity index is 832. The SMILES string of the molecule is COc1ccc(/C(C)=N\NC(=O)c2ccc3c(c2)OCO3)c(OC)c1. The first-order valence-electron chi connectivity index (χ1n) is 7.59. The number of benzene rings is 2. The molecule has 1 aliphatic heterocycles. The van der Waals surface area contributed by atoms with Crippen LogP contribution in [0.15, 0.2) is 41.5 Å². The molecule has 1 aliphatic rings. The van der Waals surface area contributed by atoms with E-state index in [0.717, 1.165) is 5.56 Å². The summed E-state index contributed by atoms with van der Waals surface area (Å²) in [5.41, 5.74) is 4.33. The number of hydrazone groups is 1. The quantitative estimate of drug-likeness (QED) is 0.667. The van der Waals surface area contributed by atoms with Crippen molar-refractivity contribution in [2.24, 2.45) is 5.10 Å². The van der Waals surface area contributed by atoms with Crippen molar-refractivity contribution in [3.05, 3.63) is 47.5 Å². The van der Waals surface area contributed by atoms with Crippen molar-refractivity contribution in [1.29, 1.82) is 0 Å². The maximum atomic E-state index is 12.3. The Morgan fingerprint density at radius 2 is 1.88 bits per heavy atom. The third-order valence-corrected chi connectivity index (χ3v) is 3.76. The van der Waals surface area contributed by atoms with Crippen LogP contribution in [0.3, 0.4) is 0 Å². The molecule has 1 amide bonds. The largest absolute Gasteiger partial charge is 0.497 e. The van der Waals surface area contributed by atoms with Gasteiger partial charge in [-0.2, -0.15) is 5.10 Å². The lowest BCUT2D eigenvalue weighted by molar-refractivity contribution is 0.0954. The number of ether oxygens (including phenoxy) is 4. The second kappa shape index (κ2) is 7.12. The standard InChI is InChI=1S/C18H18N2O5/c1-11(14-6-5-13(22-2)9-16(14)23-3)19-20-18(21)12-4-7-15-17(8-12)25-10-24-15/h4-9H,10H2,1-3H3,(H,20,21)/b19-11-. The number of hydrogen-bond acceptors (Lipinski definition) is 6. The minimum atomic E-state index is -0.342. The summed E-state index contributed by atoms with van der Waals surface area (Å²) in [5.74, 6) is 2.12. The van der Waals surface area contributed by atoms with Crippen LogP contribution >= 0.6 is 0 Å². The maximum Gasteiger partial charge on any atom is 0.271 e. The first-order valence-corrected chi connectivity index (χ1v) is 7.59. The summed E-state index contributed by atoms with van der Waals surface area (Å²) in [6.45, 7) is 1.94. The van der Waals surface area contributed by atoms with Crippen molar-refractivity contribution < 1.29 is 23.7 Å². The van der Waals surface area contributed by atoms with Gasteiger partial charge in [0, 0.05) is 17.2 Å². The highest BCUT2D eigenvalue weighted by molar-refractivity contribution is 6.03. The van der Waals surface area contributed by atoms with Gasteiger partial charge in [-0.3, -0.25) is 4.79 Å². The van der Waals surface area contributed by atoms with Gasteiger partial charge in [-0.05, 0) is 37.3 Å². The number of hydrogen-bond donors (Lipinski definition) is 1. The Labute approximate surface area is 145 Å². The molecule has 130 valence electrons. The van der Waals surface area contributed by atoms with E-state index in [2.05, 4.69) is 10.5 Å². The molecule has 0 spiro atoms. The van der Waals surface area contributed by atoms with Gasteiger partial charge in [-0.1, -0.05) is 0 Å². The second-order valence-corrected chi connectivity index (χ2v) is 5.27. The van der Waals surface area contributed by atoms with Crippen LogP contribution in [0.1, 0.15) is 22.8 Å². The minimum absolute atomic E-state index is 0.162. The number of nitrogens with one attached hydrogen (secondary N) is 1. The summed E-state index contributed by atoms with van der Waals surface area (Å²) in [5, 5.41) is 4.15. The summed E-state index contributed by atoms with van der Waals surface area (Å²) in [4.78, 5) is 12.3. The molecule has 25 heavy (non-hydrogen) atoms. The number of carbonyl (C=O) groups is 1.